The van der Waals surface area contributed by atoms with Crippen LogP contribution in [0.25, 0.3) is 0 Å². The summed E-state index contributed by atoms with van der Waals surface area (Å²) in [5.41, 5.74) is -0.731. The van der Waals surface area contributed by atoms with E-state index in [0.29, 0.717) is 31.2 Å². The van der Waals surface area contributed by atoms with Crippen molar-refractivity contribution in [1.82, 2.24) is 9.97 Å². The summed E-state index contributed by atoms with van der Waals surface area (Å²) >= 11 is 0. The minimum absolute atomic E-state index is 0.131. The fourth-order valence-electron chi connectivity index (χ4n) is 1.87. The molecule has 0 aliphatic carbocycles. The zero-order chi connectivity index (χ0) is 11.8. The van der Waals surface area contributed by atoms with E-state index in [4.69, 9.17) is 0 Å². The predicted molar refractivity (Wildman–Crippen MR) is 61.7 cm³/mol. The molecule has 0 aromatic carbocycles. The minimum atomic E-state index is -0.601. The maximum absolute atomic E-state index is 11.4. The Hall–Kier alpha value is -1.36. The number of β-amino-alcohol motifs (C(OH)–C–C–N with tert-alkyl or cyclic N) is 1. The third-order valence-corrected chi connectivity index (χ3v) is 3.06. The van der Waals surface area contributed by atoms with Gasteiger partial charge < -0.3 is 15.0 Å². The average Bonchev–Trinajstić information content (AvgIpc) is 2.23. The summed E-state index contributed by atoms with van der Waals surface area (Å²) in [6.45, 7) is 5.02. The molecule has 2 heterocycles. The van der Waals surface area contributed by atoms with E-state index in [1.165, 1.54) is 6.07 Å². The Morgan fingerprint density at radius 2 is 2.25 bits per heavy atom. The molecule has 2 N–H and O–H groups in total. The standard InChI is InChI=1S/C11H17N3O2/c1-3-8-12-9(5-10(15)13-8)14-6-11(16,4-2)7-14/h5,16H,3-4,6-7H2,1-2H3,(H,12,13,15). The summed E-state index contributed by atoms with van der Waals surface area (Å²) in [4.78, 5) is 20.3. The van der Waals surface area contributed by atoms with Gasteiger partial charge in [-0.2, -0.15) is 0 Å². The second-order valence-corrected chi connectivity index (χ2v) is 4.34. The Morgan fingerprint density at radius 3 is 2.81 bits per heavy atom. The van der Waals surface area contributed by atoms with E-state index in [2.05, 4.69) is 9.97 Å². The van der Waals surface area contributed by atoms with E-state index in [1.54, 1.807) is 0 Å². The van der Waals surface area contributed by atoms with E-state index < -0.39 is 5.60 Å². The topological polar surface area (TPSA) is 69.2 Å². The molecule has 1 aliphatic heterocycles. The smallest absolute Gasteiger partial charge is 0.252 e. The van der Waals surface area contributed by atoms with E-state index in [9.17, 15) is 9.90 Å². The molecule has 0 unspecified atom stereocenters. The van der Waals surface area contributed by atoms with Gasteiger partial charge in [0.1, 0.15) is 11.6 Å². The van der Waals surface area contributed by atoms with Crippen LogP contribution in [0.4, 0.5) is 5.82 Å². The second-order valence-electron chi connectivity index (χ2n) is 4.34. The summed E-state index contributed by atoms with van der Waals surface area (Å²) in [5.74, 6) is 1.35. The molecule has 0 radical (unpaired) electrons. The van der Waals surface area contributed by atoms with Crippen LogP contribution in [-0.2, 0) is 6.42 Å². The monoisotopic (exact) mass is 223 g/mol. The highest BCUT2D eigenvalue weighted by Crippen LogP contribution is 2.27. The van der Waals surface area contributed by atoms with Crippen LogP contribution in [0, 0.1) is 0 Å². The highest BCUT2D eigenvalue weighted by atomic mass is 16.3. The molecule has 88 valence electrons. The van der Waals surface area contributed by atoms with Crippen LogP contribution >= 0.6 is 0 Å². The van der Waals surface area contributed by atoms with Crippen LogP contribution in [0.15, 0.2) is 10.9 Å². The lowest BCUT2D eigenvalue weighted by Crippen LogP contribution is -2.62. The normalized spacial score (nSPS) is 18.3. The quantitative estimate of drug-likeness (QED) is 0.773. The number of aromatic amines is 1. The first-order chi connectivity index (χ1) is 7.56. The molecule has 1 aliphatic rings. The largest absolute Gasteiger partial charge is 0.386 e. The van der Waals surface area contributed by atoms with Gasteiger partial charge in [-0.1, -0.05) is 13.8 Å². The number of anilines is 1. The third kappa shape index (κ3) is 1.95. The number of aromatic nitrogens is 2. The second kappa shape index (κ2) is 3.90. The van der Waals surface area contributed by atoms with Crippen molar-refractivity contribution in [3.05, 3.63) is 22.2 Å². The van der Waals surface area contributed by atoms with Crippen molar-refractivity contribution >= 4 is 5.82 Å². The molecule has 1 saturated heterocycles. The maximum atomic E-state index is 11.4. The summed E-state index contributed by atoms with van der Waals surface area (Å²) in [7, 11) is 0. The van der Waals surface area contributed by atoms with Crippen molar-refractivity contribution in [2.75, 3.05) is 18.0 Å². The Bertz CT molecular complexity index is 435. The summed E-state index contributed by atoms with van der Waals surface area (Å²) in [6, 6.07) is 1.48. The number of hydrogen-bond donors (Lipinski definition) is 2. The van der Waals surface area contributed by atoms with Gasteiger partial charge in [-0.15, -0.1) is 0 Å². The molecule has 16 heavy (non-hydrogen) atoms. The van der Waals surface area contributed by atoms with Crippen molar-refractivity contribution in [3.8, 4) is 0 Å². The number of aryl methyl sites for hydroxylation is 1. The lowest BCUT2D eigenvalue weighted by Gasteiger charge is -2.46. The number of aliphatic hydroxyl groups is 1. The van der Waals surface area contributed by atoms with Gasteiger partial charge in [0.2, 0.25) is 0 Å². The first kappa shape index (κ1) is 11.1. The zero-order valence-electron chi connectivity index (χ0n) is 9.66. The van der Waals surface area contributed by atoms with Crippen LogP contribution in [0.5, 0.6) is 0 Å². The molecule has 1 aromatic heterocycles. The predicted octanol–water partition coefficient (Wildman–Crippen LogP) is 0.293. The number of rotatable bonds is 3. The van der Waals surface area contributed by atoms with Crippen LogP contribution in [0.3, 0.4) is 0 Å². The van der Waals surface area contributed by atoms with Gasteiger partial charge in [-0.05, 0) is 6.42 Å². The van der Waals surface area contributed by atoms with Crippen molar-refractivity contribution < 1.29 is 5.11 Å². The average molecular weight is 223 g/mol. The number of hydrogen-bond acceptors (Lipinski definition) is 4. The Labute approximate surface area is 94.1 Å². The van der Waals surface area contributed by atoms with Gasteiger partial charge in [0.05, 0.1) is 5.60 Å². The van der Waals surface area contributed by atoms with Crippen molar-refractivity contribution in [2.45, 2.75) is 32.3 Å². The number of nitrogens with zero attached hydrogens (tertiary/aromatic N) is 2. The molecule has 0 saturated carbocycles. The van der Waals surface area contributed by atoms with E-state index in [-0.39, 0.29) is 5.56 Å². The van der Waals surface area contributed by atoms with E-state index in [0.717, 1.165) is 6.42 Å². The van der Waals surface area contributed by atoms with Crippen LogP contribution in [0.1, 0.15) is 26.1 Å². The fourth-order valence-corrected chi connectivity index (χ4v) is 1.87. The first-order valence-corrected chi connectivity index (χ1v) is 5.64. The van der Waals surface area contributed by atoms with Crippen LogP contribution in [-0.4, -0.2) is 33.8 Å². The summed E-state index contributed by atoms with van der Waals surface area (Å²) in [5, 5.41) is 9.89. The van der Waals surface area contributed by atoms with Crippen molar-refractivity contribution in [3.63, 3.8) is 0 Å². The van der Waals surface area contributed by atoms with Crippen LogP contribution < -0.4 is 10.5 Å². The van der Waals surface area contributed by atoms with Gasteiger partial charge in [-0.3, -0.25) is 4.79 Å². The lowest BCUT2D eigenvalue weighted by molar-refractivity contribution is 0.00801. The number of H-pyrrole nitrogens is 1. The van der Waals surface area contributed by atoms with Gasteiger partial charge >= 0.3 is 0 Å². The molecule has 1 fully saturated rings. The first-order valence-electron chi connectivity index (χ1n) is 5.64. The minimum Gasteiger partial charge on any atom is -0.386 e. The highest BCUT2D eigenvalue weighted by Gasteiger charge is 2.40. The zero-order valence-corrected chi connectivity index (χ0v) is 9.66. The highest BCUT2D eigenvalue weighted by molar-refractivity contribution is 5.43. The molecule has 5 heteroatoms. The number of nitrogens with one attached hydrogen (secondary N) is 1. The lowest BCUT2D eigenvalue weighted by atomic mass is 9.91. The van der Waals surface area contributed by atoms with Crippen LogP contribution in [0.2, 0.25) is 0 Å². The van der Waals surface area contributed by atoms with E-state index in [1.807, 2.05) is 18.7 Å². The summed E-state index contributed by atoms with van der Waals surface area (Å²) in [6.07, 6.45) is 1.43. The van der Waals surface area contributed by atoms with Gasteiger partial charge in [0, 0.05) is 25.6 Å². The fraction of sp³-hybridized carbons (Fsp3) is 0.636. The SMILES string of the molecule is CCc1nc(N2CC(O)(CC)C2)cc(=O)[nH]1. The molecule has 0 atom stereocenters. The molecule has 0 amide bonds. The Balaban J connectivity index is 2.17. The molecule has 0 spiro atoms. The molecular formula is C11H17N3O2. The van der Waals surface area contributed by atoms with Crippen molar-refractivity contribution in [1.29, 1.82) is 0 Å². The summed E-state index contributed by atoms with van der Waals surface area (Å²) < 4.78 is 0. The third-order valence-electron chi connectivity index (χ3n) is 3.06. The molecule has 2 rings (SSSR count). The molecule has 0 bridgehead atoms. The van der Waals surface area contributed by atoms with E-state index >= 15 is 0 Å². The van der Waals surface area contributed by atoms with Gasteiger partial charge in [0.25, 0.3) is 5.56 Å². The van der Waals surface area contributed by atoms with Gasteiger partial charge in [-0.25, -0.2) is 4.98 Å². The van der Waals surface area contributed by atoms with Gasteiger partial charge in [0.15, 0.2) is 0 Å². The molecular weight excluding hydrogens is 206 g/mol. The Kier molecular flexibility index (Phi) is 2.71. The molecule has 5 nitrogen and oxygen atoms in total. The van der Waals surface area contributed by atoms with Crippen molar-refractivity contribution in [2.24, 2.45) is 0 Å². The molecule has 1 aromatic rings. The maximum Gasteiger partial charge on any atom is 0.252 e. The Morgan fingerprint density at radius 1 is 1.56 bits per heavy atom.